The van der Waals surface area contributed by atoms with Crippen LogP contribution >= 0.6 is 11.8 Å². The first-order valence-electron chi connectivity index (χ1n) is 8.57. The molecule has 1 aliphatic rings. The van der Waals surface area contributed by atoms with Gasteiger partial charge in [-0.05, 0) is 26.7 Å². The van der Waals surface area contributed by atoms with E-state index in [-0.39, 0.29) is 35.1 Å². The fraction of sp³-hybridized carbons (Fsp3) is 0.688. The Morgan fingerprint density at radius 3 is 2.77 bits per heavy atom. The van der Waals surface area contributed by atoms with E-state index >= 15 is 0 Å². The Morgan fingerprint density at radius 2 is 2.23 bits per heavy atom. The summed E-state index contributed by atoms with van der Waals surface area (Å²) in [6, 6.07) is 1.36. The zero-order valence-corrected chi connectivity index (χ0v) is 16.9. The SMILES string of the molecule is CCCN(C(=O)CSC(C)C(=O)Nc1cc(C)on1)C1CCS(=O)(=O)C1. The minimum atomic E-state index is -3.05. The number of carbonyl (C=O) groups excluding carboxylic acids is 2. The number of thioether (sulfide) groups is 1. The maximum absolute atomic E-state index is 12.6. The predicted molar refractivity (Wildman–Crippen MR) is 101 cm³/mol. The van der Waals surface area contributed by atoms with E-state index < -0.39 is 15.1 Å². The molecule has 0 spiro atoms. The number of aromatic nitrogens is 1. The van der Waals surface area contributed by atoms with Crippen molar-refractivity contribution in [3.8, 4) is 0 Å². The minimum Gasteiger partial charge on any atom is -0.360 e. The first kappa shape index (κ1) is 20.8. The number of rotatable bonds is 8. The largest absolute Gasteiger partial charge is 0.360 e. The van der Waals surface area contributed by atoms with Crippen molar-refractivity contribution in [1.82, 2.24) is 10.1 Å². The number of nitrogens with one attached hydrogen (secondary N) is 1. The number of anilines is 1. The molecule has 2 unspecified atom stereocenters. The van der Waals surface area contributed by atoms with Gasteiger partial charge in [0.25, 0.3) is 0 Å². The van der Waals surface area contributed by atoms with Crippen molar-refractivity contribution in [2.75, 3.05) is 29.1 Å². The molecule has 2 heterocycles. The number of hydrogen-bond donors (Lipinski definition) is 1. The van der Waals surface area contributed by atoms with E-state index in [2.05, 4.69) is 10.5 Å². The molecule has 0 aliphatic carbocycles. The summed E-state index contributed by atoms with van der Waals surface area (Å²) >= 11 is 1.22. The Bertz CT molecular complexity index is 747. The Hall–Kier alpha value is -1.55. The highest BCUT2D eigenvalue weighted by molar-refractivity contribution is 8.01. The van der Waals surface area contributed by atoms with Crippen LogP contribution in [0, 0.1) is 6.92 Å². The lowest BCUT2D eigenvalue weighted by atomic mass is 10.2. The zero-order valence-electron chi connectivity index (χ0n) is 15.2. The molecule has 146 valence electrons. The summed E-state index contributed by atoms with van der Waals surface area (Å²) in [5, 5.41) is 5.89. The number of sulfone groups is 1. The molecule has 0 aromatic carbocycles. The third kappa shape index (κ3) is 5.73. The van der Waals surface area contributed by atoms with Gasteiger partial charge in [-0.1, -0.05) is 12.1 Å². The monoisotopic (exact) mass is 403 g/mol. The maximum Gasteiger partial charge on any atom is 0.238 e. The van der Waals surface area contributed by atoms with Gasteiger partial charge in [0.05, 0.1) is 22.5 Å². The van der Waals surface area contributed by atoms with Crippen LogP contribution in [0.25, 0.3) is 0 Å². The van der Waals surface area contributed by atoms with E-state index in [0.717, 1.165) is 6.42 Å². The molecule has 0 radical (unpaired) electrons. The third-order valence-corrected chi connectivity index (χ3v) is 7.02. The molecule has 1 aromatic heterocycles. The van der Waals surface area contributed by atoms with Crippen LogP contribution in [0.3, 0.4) is 0 Å². The van der Waals surface area contributed by atoms with Crippen molar-refractivity contribution in [1.29, 1.82) is 0 Å². The van der Waals surface area contributed by atoms with Crippen LogP contribution in [0.2, 0.25) is 0 Å². The highest BCUT2D eigenvalue weighted by atomic mass is 32.2. The fourth-order valence-corrected chi connectivity index (χ4v) is 5.28. The van der Waals surface area contributed by atoms with E-state index in [1.165, 1.54) is 11.8 Å². The van der Waals surface area contributed by atoms with Gasteiger partial charge in [0.15, 0.2) is 15.7 Å². The maximum atomic E-state index is 12.6. The summed E-state index contributed by atoms with van der Waals surface area (Å²) in [5.74, 6) is 0.840. The lowest BCUT2D eigenvalue weighted by Crippen LogP contribution is -2.43. The zero-order chi connectivity index (χ0) is 19.3. The molecule has 26 heavy (non-hydrogen) atoms. The van der Waals surface area contributed by atoms with Crippen molar-refractivity contribution in [3.05, 3.63) is 11.8 Å². The topological polar surface area (TPSA) is 110 Å². The van der Waals surface area contributed by atoms with Crippen molar-refractivity contribution in [2.24, 2.45) is 0 Å². The molecule has 0 saturated carbocycles. The highest BCUT2D eigenvalue weighted by Gasteiger charge is 2.34. The Morgan fingerprint density at radius 1 is 1.50 bits per heavy atom. The normalized spacial score (nSPS) is 19.9. The average Bonchev–Trinajstić information content (AvgIpc) is 3.14. The third-order valence-electron chi connectivity index (χ3n) is 4.14. The quantitative estimate of drug-likeness (QED) is 0.700. The molecular weight excluding hydrogens is 378 g/mol. The molecule has 10 heteroatoms. The van der Waals surface area contributed by atoms with Gasteiger partial charge in [0, 0.05) is 18.7 Å². The van der Waals surface area contributed by atoms with Crippen LogP contribution in [0.1, 0.15) is 32.4 Å². The first-order valence-corrected chi connectivity index (χ1v) is 11.4. The fourth-order valence-electron chi connectivity index (χ4n) is 2.78. The van der Waals surface area contributed by atoms with Crippen molar-refractivity contribution in [2.45, 2.75) is 44.9 Å². The molecule has 2 rings (SSSR count). The first-order chi connectivity index (χ1) is 12.2. The van der Waals surface area contributed by atoms with Crippen LogP contribution in [-0.4, -0.2) is 65.4 Å². The van der Waals surface area contributed by atoms with Crippen LogP contribution in [0.4, 0.5) is 5.82 Å². The molecule has 1 aromatic rings. The number of hydrogen-bond acceptors (Lipinski definition) is 7. The highest BCUT2D eigenvalue weighted by Crippen LogP contribution is 2.21. The number of carbonyl (C=O) groups is 2. The van der Waals surface area contributed by atoms with E-state index in [0.29, 0.717) is 24.5 Å². The molecule has 0 bridgehead atoms. The van der Waals surface area contributed by atoms with Crippen molar-refractivity contribution in [3.63, 3.8) is 0 Å². The molecule has 1 aliphatic heterocycles. The van der Waals surface area contributed by atoms with E-state index in [1.54, 1.807) is 24.8 Å². The average molecular weight is 404 g/mol. The van der Waals surface area contributed by atoms with Gasteiger partial charge in [-0.25, -0.2) is 8.42 Å². The van der Waals surface area contributed by atoms with E-state index in [1.807, 2.05) is 6.92 Å². The molecule has 1 N–H and O–H groups in total. The van der Waals surface area contributed by atoms with Gasteiger partial charge in [0.2, 0.25) is 11.8 Å². The number of aryl methyl sites for hydroxylation is 1. The van der Waals surface area contributed by atoms with E-state index in [9.17, 15) is 18.0 Å². The smallest absolute Gasteiger partial charge is 0.238 e. The molecule has 8 nitrogen and oxygen atoms in total. The lowest BCUT2D eigenvalue weighted by molar-refractivity contribution is -0.130. The molecular formula is C16H25N3O5S2. The molecule has 1 fully saturated rings. The molecule has 2 atom stereocenters. The molecule has 1 saturated heterocycles. The molecule has 2 amide bonds. The summed E-state index contributed by atoms with van der Waals surface area (Å²) < 4.78 is 28.3. The van der Waals surface area contributed by atoms with Crippen LogP contribution in [0.15, 0.2) is 10.6 Å². The summed E-state index contributed by atoms with van der Waals surface area (Å²) in [6.07, 6.45) is 1.24. The van der Waals surface area contributed by atoms with Crippen LogP contribution in [-0.2, 0) is 19.4 Å². The second kappa shape index (κ2) is 8.90. The van der Waals surface area contributed by atoms with Gasteiger partial charge in [-0.2, -0.15) is 0 Å². The second-order valence-corrected chi connectivity index (χ2v) is 9.97. The van der Waals surface area contributed by atoms with Crippen LogP contribution in [0.5, 0.6) is 0 Å². The van der Waals surface area contributed by atoms with Crippen molar-refractivity contribution >= 4 is 39.2 Å². The number of amides is 2. The summed E-state index contributed by atoms with van der Waals surface area (Å²) in [7, 11) is -3.05. The second-order valence-electron chi connectivity index (χ2n) is 6.41. The van der Waals surface area contributed by atoms with Gasteiger partial charge in [-0.15, -0.1) is 11.8 Å². The van der Waals surface area contributed by atoms with Crippen LogP contribution < -0.4 is 5.32 Å². The standard InChI is InChI=1S/C16H25N3O5S2/c1-4-6-19(13-5-7-26(22,23)10-13)15(20)9-25-12(3)16(21)17-14-8-11(2)24-18-14/h8,12-13H,4-7,9-10H2,1-3H3,(H,17,18,21). The minimum absolute atomic E-state index is 0.0327. The van der Waals surface area contributed by atoms with E-state index in [4.69, 9.17) is 4.52 Å². The lowest BCUT2D eigenvalue weighted by Gasteiger charge is -2.28. The Kier molecular flexibility index (Phi) is 7.10. The summed E-state index contributed by atoms with van der Waals surface area (Å²) in [4.78, 5) is 26.4. The summed E-state index contributed by atoms with van der Waals surface area (Å²) in [6.45, 7) is 5.92. The van der Waals surface area contributed by atoms with Gasteiger partial charge in [-0.3, -0.25) is 9.59 Å². The predicted octanol–water partition coefficient (Wildman–Crippen LogP) is 1.47. The Labute approximate surface area is 158 Å². The van der Waals surface area contributed by atoms with Gasteiger partial charge < -0.3 is 14.7 Å². The van der Waals surface area contributed by atoms with Gasteiger partial charge >= 0.3 is 0 Å². The Balaban J connectivity index is 1.87. The van der Waals surface area contributed by atoms with Gasteiger partial charge in [0.1, 0.15) is 5.76 Å². The summed E-state index contributed by atoms with van der Waals surface area (Å²) in [5.41, 5.74) is 0. The van der Waals surface area contributed by atoms with Crippen molar-refractivity contribution < 1.29 is 22.5 Å². The number of nitrogens with zero attached hydrogens (tertiary/aromatic N) is 2.